The van der Waals surface area contributed by atoms with Crippen molar-refractivity contribution in [2.24, 2.45) is 0 Å². The lowest BCUT2D eigenvalue weighted by Crippen LogP contribution is -2.33. The Morgan fingerprint density at radius 3 is 2.29 bits per heavy atom. The molecular weight excluding hydrogens is 444 g/mol. The normalized spacial score (nSPS) is 14.3. The van der Waals surface area contributed by atoms with Gasteiger partial charge in [0.1, 0.15) is 23.9 Å². The van der Waals surface area contributed by atoms with Crippen LogP contribution >= 0.6 is 11.3 Å². The van der Waals surface area contributed by atoms with Gasteiger partial charge < -0.3 is 19.9 Å². The number of likely N-dealkylation sites (tertiary alicyclic amines) is 1. The summed E-state index contributed by atoms with van der Waals surface area (Å²) in [5.74, 6) is 3.31. The van der Waals surface area contributed by atoms with Crippen molar-refractivity contribution in [1.29, 1.82) is 0 Å². The van der Waals surface area contributed by atoms with Crippen molar-refractivity contribution >= 4 is 27.1 Å². The molecule has 2 heterocycles. The minimum Gasteiger partial charge on any atom is -0.497 e. The third-order valence-corrected chi connectivity index (χ3v) is 7.38. The van der Waals surface area contributed by atoms with E-state index in [0.29, 0.717) is 6.61 Å². The van der Waals surface area contributed by atoms with Crippen molar-refractivity contribution in [1.82, 2.24) is 4.90 Å². The molecule has 1 aliphatic rings. The Kier molecular flexibility index (Phi) is 6.88. The lowest BCUT2D eigenvalue weighted by Gasteiger charge is -2.26. The molecule has 1 saturated heterocycles. The Labute approximate surface area is 204 Å². The zero-order valence-electron chi connectivity index (χ0n) is 19.5. The first kappa shape index (κ1) is 22.6. The van der Waals surface area contributed by atoms with E-state index in [9.17, 15) is 0 Å². The molecule has 5 nitrogen and oxygen atoms in total. The average Bonchev–Trinajstić information content (AvgIpc) is 3.23. The molecule has 1 aliphatic heterocycles. The van der Waals surface area contributed by atoms with Gasteiger partial charge in [-0.3, -0.25) is 4.90 Å². The van der Waals surface area contributed by atoms with E-state index in [0.717, 1.165) is 55.8 Å². The molecular formula is C28H30N2O3S. The molecule has 5 rings (SSSR count). The van der Waals surface area contributed by atoms with Crippen LogP contribution in [0.15, 0.2) is 66.7 Å². The highest BCUT2D eigenvalue weighted by molar-refractivity contribution is 7.22. The van der Waals surface area contributed by atoms with Crippen LogP contribution in [0.25, 0.3) is 20.5 Å². The second-order valence-electron chi connectivity index (χ2n) is 8.57. The number of anilines is 1. The zero-order chi connectivity index (χ0) is 23.3. The van der Waals surface area contributed by atoms with Gasteiger partial charge in [0.25, 0.3) is 0 Å². The first-order valence-corrected chi connectivity index (χ1v) is 12.6. The number of hydrogen-bond acceptors (Lipinski definition) is 6. The standard InChI is InChI=1S/C28H30N2O3S/c1-31-24-13-14-25-26(19-24)34-28(20-5-7-21(29)8-6-20)27(25)33-23-11-9-22(10-12-23)32-18-17-30-15-3-2-4-16-30/h5-14,19H,2-4,15-18,29H2,1H3. The van der Waals surface area contributed by atoms with E-state index in [-0.39, 0.29) is 0 Å². The molecule has 0 atom stereocenters. The molecule has 2 N–H and O–H groups in total. The quantitative estimate of drug-likeness (QED) is 0.284. The van der Waals surface area contributed by atoms with E-state index in [1.807, 2.05) is 60.7 Å². The molecule has 1 aromatic heterocycles. The van der Waals surface area contributed by atoms with Crippen molar-refractivity contribution in [3.05, 3.63) is 66.7 Å². The number of nitrogen functional groups attached to an aromatic ring is 1. The Bertz CT molecular complexity index is 1230. The maximum Gasteiger partial charge on any atom is 0.153 e. The van der Waals surface area contributed by atoms with Gasteiger partial charge in [-0.25, -0.2) is 0 Å². The number of piperidine rings is 1. The van der Waals surface area contributed by atoms with Gasteiger partial charge in [-0.2, -0.15) is 0 Å². The van der Waals surface area contributed by atoms with E-state index < -0.39 is 0 Å². The lowest BCUT2D eigenvalue weighted by molar-refractivity contribution is 0.183. The SMILES string of the molecule is COc1ccc2c(Oc3ccc(OCCN4CCCCC4)cc3)c(-c3ccc(N)cc3)sc2c1. The highest BCUT2D eigenvalue weighted by Crippen LogP contribution is 2.47. The molecule has 0 saturated carbocycles. The molecule has 4 aromatic rings. The van der Waals surface area contributed by atoms with Crippen molar-refractivity contribution in [2.75, 3.05) is 39.1 Å². The highest BCUT2D eigenvalue weighted by Gasteiger charge is 2.17. The van der Waals surface area contributed by atoms with Crippen LogP contribution in [0, 0.1) is 0 Å². The summed E-state index contributed by atoms with van der Waals surface area (Å²) in [6.45, 7) is 4.06. The summed E-state index contributed by atoms with van der Waals surface area (Å²) in [5.41, 5.74) is 7.72. The van der Waals surface area contributed by atoms with Crippen molar-refractivity contribution in [3.8, 4) is 33.4 Å². The molecule has 0 aliphatic carbocycles. The second kappa shape index (κ2) is 10.4. The number of ether oxygens (including phenoxy) is 3. The monoisotopic (exact) mass is 474 g/mol. The van der Waals surface area contributed by atoms with Crippen LogP contribution in [0.2, 0.25) is 0 Å². The summed E-state index contributed by atoms with van der Waals surface area (Å²) in [4.78, 5) is 3.54. The summed E-state index contributed by atoms with van der Waals surface area (Å²) in [7, 11) is 1.68. The van der Waals surface area contributed by atoms with Gasteiger partial charge >= 0.3 is 0 Å². The fourth-order valence-corrected chi connectivity index (χ4v) is 5.47. The van der Waals surface area contributed by atoms with Crippen molar-refractivity contribution < 1.29 is 14.2 Å². The molecule has 3 aromatic carbocycles. The number of benzene rings is 3. The highest BCUT2D eigenvalue weighted by atomic mass is 32.1. The average molecular weight is 475 g/mol. The van der Waals surface area contributed by atoms with Gasteiger partial charge in [0, 0.05) is 22.3 Å². The minimum absolute atomic E-state index is 0.707. The minimum atomic E-state index is 0.707. The molecule has 1 fully saturated rings. The first-order valence-electron chi connectivity index (χ1n) is 11.8. The zero-order valence-corrected chi connectivity index (χ0v) is 20.3. The predicted octanol–water partition coefficient (Wildman–Crippen LogP) is 6.82. The number of nitrogens with two attached hydrogens (primary N) is 1. The van der Waals surface area contributed by atoms with E-state index in [1.165, 1.54) is 32.4 Å². The largest absolute Gasteiger partial charge is 0.497 e. The van der Waals surface area contributed by atoms with Gasteiger partial charge in [-0.1, -0.05) is 18.6 Å². The number of fused-ring (bicyclic) bond motifs is 1. The maximum absolute atomic E-state index is 6.45. The van der Waals surface area contributed by atoms with Crippen LogP contribution in [0.5, 0.6) is 23.0 Å². The van der Waals surface area contributed by atoms with E-state index >= 15 is 0 Å². The summed E-state index contributed by atoms with van der Waals surface area (Å²) < 4.78 is 19.0. The van der Waals surface area contributed by atoms with Gasteiger partial charge in [-0.05, 0) is 86.1 Å². The van der Waals surface area contributed by atoms with Crippen LogP contribution in [0.4, 0.5) is 5.69 Å². The smallest absolute Gasteiger partial charge is 0.153 e. The fourth-order valence-electron chi connectivity index (χ4n) is 4.30. The molecule has 0 bridgehead atoms. The Hall–Kier alpha value is -3.22. The third-order valence-electron chi connectivity index (χ3n) is 6.19. The van der Waals surface area contributed by atoms with E-state index in [1.54, 1.807) is 18.4 Å². The van der Waals surface area contributed by atoms with Crippen molar-refractivity contribution in [3.63, 3.8) is 0 Å². The van der Waals surface area contributed by atoms with E-state index in [4.69, 9.17) is 19.9 Å². The Balaban J connectivity index is 1.35. The van der Waals surface area contributed by atoms with Gasteiger partial charge in [0.2, 0.25) is 0 Å². The van der Waals surface area contributed by atoms with E-state index in [2.05, 4.69) is 11.0 Å². The molecule has 176 valence electrons. The number of nitrogens with zero attached hydrogens (tertiary/aromatic N) is 1. The first-order chi connectivity index (χ1) is 16.7. The second-order valence-corrected chi connectivity index (χ2v) is 9.62. The van der Waals surface area contributed by atoms with Gasteiger partial charge in [0.15, 0.2) is 5.75 Å². The Morgan fingerprint density at radius 2 is 1.56 bits per heavy atom. The van der Waals surface area contributed by atoms with Crippen LogP contribution in [-0.4, -0.2) is 38.3 Å². The molecule has 6 heteroatoms. The lowest BCUT2D eigenvalue weighted by atomic mass is 10.1. The summed E-state index contributed by atoms with van der Waals surface area (Å²) in [6.07, 6.45) is 3.95. The number of methoxy groups -OCH3 is 1. The summed E-state index contributed by atoms with van der Waals surface area (Å²) in [6, 6.07) is 21.9. The molecule has 34 heavy (non-hydrogen) atoms. The maximum atomic E-state index is 6.45. The number of rotatable bonds is 8. The molecule has 0 radical (unpaired) electrons. The topological polar surface area (TPSA) is 57.0 Å². The molecule has 0 spiro atoms. The molecule has 0 amide bonds. The Morgan fingerprint density at radius 1 is 0.853 bits per heavy atom. The van der Waals surface area contributed by atoms with Crippen LogP contribution in [0.1, 0.15) is 19.3 Å². The summed E-state index contributed by atoms with van der Waals surface area (Å²) >= 11 is 1.68. The van der Waals surface area contributed by atoms with Crippen LogP contribution in [0.3, 0.4) is 0 Å². The third kappa shape index (κ3) is 5.13. The fraction of sp³-hybridized carbons (Fsp3) is 0.286. The number of thiophene rings is 1. The van der Waals surface area contributed by atoms with Crippen LogP contribution < -0.4 is 19.9 Å². The predicted molar refractivity (Wildman–Crippen MR) is 141 cm³/mol. The molecule has 0 unspecified atom stereocenters. The van der Waals surface area contributed by atoms with Crippen molar-refractivity contribution in [2.45, 2.75) is 19.3 Å². The van der Waals surface area contributed by atoms with Gasteiger partial charge in [-0.15, -0.1) is 11.3 Å². The summed E-state index contributed by atoms with van der Waals surface area (Å²) in [5, 5.41) is 1.06. The van der Waals surface area contributed by atoms with Gasteiger partial charge in [0.05, 0.1) is 12.0 Å². The van der Waals surface area contributed by atoms with Crippen LogP contribution in [-0.2, 0) is 0 Å². The number of hydrogen-bond donors (Lipinski definition) is 1.